The summed E-state index contributed by atoms with van der Waals surface area (Å²) < 4.78 is 0. The van der Waals surface area contributed by atoms with Crippen molar-refractivity contribution in [2.75, 3.05) is 0 Å². The van der Waals surface area contributed by atoms with Gasteiger partial charge >= 0.3 is 0 Å². The molecule has 1 heterocycles. The number of nitrogens with one attached hydrogen (secondary N) is 1. The Labute approximate surface area is 102 Å². The van der Waals surface area contributed by atoms with E-state index in [1.165, 1.54) is 36.4 Å². The van der Waals surface area contributed by atoms with Gasteiger partial charge in [0.15, 0.2) is 0 Å². The van der Waals surface area contributed by atoms with Crippen molar-refractivity contribution in [3.05, 3.63) is 16.1 Å². The van der Waals surface area contributed by atoms with E-state index in [0.717, 1.165) is 18.9 Å². The molecule has 16 heavy (non-hydrogen) atoms. The standard InChI is InChI=1S/C13H22N2S/c1-3-11(7-10-5-6-10)14-8-12-9-16-13(4-2)15-12/h9-11,14H,3-8H2,1-2H3. The van der Waals surface area contributed by atoms with Crippen LogP contribution in [0.2, 0.25) is 0 Å². The SMILES string of the molecule is CCc1nc(CNC(CC)CC2CC2)cs1. The Bertz CT molecular complexity index is 317. The van der Waals surface area contributed by atoms with Crippen LogP contribution in [0.15, 0.2) is 5.38 Å². The molecule has 1 aliphatic carbocycles. The first-order chi connectivity index (χ1) is 7.81. The Balaban J connectivity index is 1.75. The molecule has 0 bridgehead atoms. The average Bonchev–Trinajstić information content (AvgIpc) is 3.00. The predicted molar refractivity (Wildman–Crippen MR) is 69.8 cm³/mol. The van der Waals surface area contributed by atoms with Crippen molar-refractivity contribution in [3.63, 3.8) is 0 Å². The third-order valence-corrected chi connectivity index (χ3v) is 4.32. The van der Waals surface area contributed by atoms with E-state index in [1.807, 2.05) is 0 Å². The van der Waals surface area contributed by atoms with Crippen molar-refractivity contribution >= 4 is 11.3 Å². The molecule has 0 spiro atoms. The first-order valence-electron chi connectivity index (χ1n) is 6.48. The molecule has 0 amide bonds. The summed E-state index contributed by atoms with van der Waals surface area (Å²) in [6.07, 6.45) is 6.57. The molecule has 1 aromatic heterocycles. The van der Waals surface area contributed by atoms with E-state index in [2.05, 4.69) is 29.5 Å². The van der Waals surface area contributed by atoms with Crippen molar-refractivity contribution in [1.82, 2.24) is 10.3 Å². The lowest BCUT2D eigenvalue weighted by Crippen LogP contribution is -2.28. The monoisotopic (exact) mass is 238 g/mol. The molecule has 1 aliphatic rings. The van der Waals surface area contributed by atoms with Crippen LogP contribution in [0.25, 0.3) is 0 Å². The Morgan fingerprint density at radius 3 is 2.88 bits per heavy atom. The molecule has 1 aromatic rings. The van der Waals surface area contributed by atoms with Gasteiger partial charge in [0.1, 0.15) is 0 Å². The van der Waals surface area contributed by atoms with Crippen LogP contribution in [0.5, 0.6) is 0 Å². The summed E-state index contributed by atoms with van der Waals surface area (Å²) in [6.45, 7) is 5.39. The minimum absolute atomic E-state index is 0.694. The third kappa shape index (κ3) is 3.56. The molecule has 1 fully saturated rings. The quantitative estimate of drug-likeness (QED) is 0.788. The maximum atomic E-state index is 4.59. The van der Waals surface area contributed by atoms with Crippen LogP contribution in [-0.4, -0.2) is 11.0 Å². The van der Waals surface area contributed by atoms with Crippen molar-refractivity contribution in [2.45, 2.75) is 58.5 Å². The number of aryl methyl sites for hydroxylation is 1. The average molecular weight is 238 g/mol. The molecular formula is C13H22N2S. The van der Waals surface area contributed by atoms with Gasteiger partial charge < -0.3 is 5.32 Å². The smallest absolute Gasteiger partial charge is 0.0926 e. The van der Waals surface area contributed by atoms with Crippen LogP contribution in [0, 0.1) is 5.92 Å². The number of hydrogen-bond acceptors (Lipinski definition) is 3. The summed E-state index contributed by atoms with van der Waals surface area (Å²) in [4.78, 5) is 4.59. The highest BCUT2D eigenvalue weighted by atomic mass is 32.1. The van der Waals surface area contributed by atoms with E-state index in [1.54, 1.807) is 11.3 Å². The Kier molecular flexibility index (Phi) is 4.36. The van der Waals surface area contributed by atoms with Gasteiger partial charge in [-0.25, -0.2) is 4.98 Å². The van der Waals surface area contributed by atoms with Crippen LogP contribution in [0.1, 0.15) is 50.2 Å². The largest absolute Gasteiger partial charge is 0.308 e. The van der Waals surface area contributed by atoms with E-state index in [4.69, 9.17) is 0 Å². The van der Waals surface area contributed by atoms with Gasteiger partial charge in [-0.2, -0.15) is 0 Å². The minimum Gasteiger partial charge on any atom is -0.308 e. The number of rotatable bonds is 7. The van der Waals surface area contributed by atoms with E-state index in [-0.39, 0.29) is 0 Å². The zero-order valence-corrected chi connectivity index (χ0v) is 11.1. The fourth-order valence-corrected chi connectivity index (χ4v) is 2.74. The number of nitrogens with zero attached hydrogens (tertiary/aromatic N) is 1. The molecule has 0 saturated heterocycles. The van der Waals surface area contributed by atoms with Crippen LogP contribution in [0.4, 0.5) is 0 Å². The Morgan fingerprint density at radius 2 is 2.31 bits per heavy atom. The summed E-state index contributed by atoms with van der Waals surface area (Å²) in [6, 6.07) is 0.694. The van der Waals surface area contributed by atoms with E-state index in [9.17, 15) is 0 Å². The molecule has 1 N–H and O–H groups in total. The van der Waals surface area contributed by atoms with Crippen LogP contribution >= 0.6 is 11.3 Å². The van der Waals surface area contributed by atoms with Gasteiger partial charge in [0.2, 0.25) is 0 Å². The Morgan fingerprint density at radius 1 is 1.50 bits per heavy atom. The summed E-state index contributed by atoms with van der Waals surface area (Å²) in [5, 5.41) is 7.09. The summed E-state index contributed by atoms with van der Waals surface area (Å²) in [5.74, 6) is 1.01. The first kappa shape index (κ1) is 12.1. The molecule has 2 nitrogen and oxygen atoms in total. The van der Waals surface area contributed by atoms with Gasteiger partial charge in [-0.3, -0.25) is 0 Å². The van der Waals surface area contributed by atoms with Crippen LogP contribution in [-0.2, 0) is 13.0 Å². The minimum atomic E-state index is 0.694. The predicted octanol–water partition coefficient (Wildman–Crippen LogP) is 3.37. The lowest BCUT2D eigenvalue weighted by molar-refractivity contribution is 0.442. The number of thiazole rings is 1. The molecule has 1 atom stereocenters. The highest BCUT2D eigenvalue weighted by molar-refractivity contribution is 7.09. The van der Waals surface area contributed by atoms with Gasteiger partial charge in [-0.15, -0.1) is 11.3 Å². The van der Waals surface area contributed by atoms with Crippen molar-refractivity contribution in [1.29, 1.82) is 0 Å². The van der Waals surface area contributed by atoms with Crippen LogP contribution < -0.4 is 5.32 Å². The summed E-state index contributed by atoms with van der Waals surface area (Å²) in [7, 11) is 0. The van der Waals surface area contributed by atoms with E-state index in [0.29, 0.717) is 6.04 Å². The first-order valence-corrected chi connectivity index (χ1v) is 7.36. The molecule has 1 saturated carbocycles. The molecular weight excluding hydrogens is 216 g/mol. The van der Waals surface area contributed by atoms with Gasteiger partial charge in [-0.1, -0.05) is 26.7 Å². The van der Waals surface area contributed by atoms with Gasteiger partial charge in [0.25, 0.3) is 0 Å². The second-order valence-corrected chi connectivity index (χ2v) is 5.69. The van der Waals surface area contributed by atoms with Gasteiger partial charge in [0, 0.05) is 18.0 Å². The second-order valence-electron chi connectivity index (χ2n) is 4.75. The maximum absolute atomic E-state index is 4.59. The second kappa shape index (κ2) is 5.78. The highest BCUT2D eigenvalue weighted by Crippen LogP contribution is 2.34. The normalized spacial score (nSPS) is 17.6. The van der Waals surface area contributed by atoms with Gasteiger partial charge in [-0.05, 0) is 25.2 Å². The van der Waals surface area contributed by atoms with Gasteiger partial charge in [0.05, 0.1) is 10.7 Å². The molecule has 1 unspecified atom stereocenters. The number of hydrogen-bond donors (Lipinski definition) is 1. The molecule has 2 rings (SSSR count). The molecule has 0 aromatic carbocycles. The Hall–Kier alpha value is -0.410. The fourth-order valence-electron chi connectivity index (χ4n) is 1.99. The number of aromatic nitrogens is 1. The summed E-state index contributed by atoms with van der Waals surface area (Å²) in [5.41, 5.74) is 1.22. The molecule has 0 radical (unpaired) electrons. The highest BCUT2D eigenvalue weighted by Gasteiger charge is 2.24. The lowest BCUT2D eigenvalue weighted by Gasteiger charge is -2.15. The lowest BCUT2D eigenvalue weighted by atomic mass is 10.1. The van der Waals surface area contributed by atoms with E-state index >= 15 is 0 Å². The molecule has 3 heteroatoms. The topological polar surface area (TPSA) is 24.9 Å². The molecule has 90 valence electrons. The molecule has 0 aliphatic heterocycles. The zero-order chi connectivity index (χ0) is 11.4. The van der Waals surface area contributed by atoms with Crippen molar-refractivity contribution in [2.24, 2.45) is 5.92 Å². The maximum Gasteiger partial charge on any atom is 0.0926 e. The zero-order valence-electron chi connectivity index (χ0n) is 10.3. The fraction of sp³-hybridized carbons (Fsp3) is 0.769. The van der Waals surface area contributed by atoms with Crippen molar-refractivity contribution < 1.29 is 0 Å². The van der Waals surface area contributed by atoms with Crippen molar-refractivity contribution in [3.8, 4) is 0 Å². The summed E-state index contributed by atoms with van der Waals surface area (Å²) >= 11 is 1.78. The van der Waals surface area contributed by atoms with E-state index < -0.39 is 0 Å². The van der Waals surface area contributed by atoms with Crippen LogP contribution in [0.3, 0.4) is 0 Å². The third-order valence-electron chi connectivity index (χ3n) is 3.28.